The molecule has 0 spiro atoms. The summed E-state index contributed by atoms with van der Waals surface area (Å²) in [6.45, 7) is 0.395. The van der Waals surface area contributed by atoms with Gasteiger partial charge in [0.15, 0.2) is 0 Å². The van der Waals surface area contributed by atoms with Crippen LogP contribution in [0.1, 0.15) is 18.0 Å². The average Bonchev–Trinajstić information content (AvgIpc) is 2.71. The van der Waals surface area contributed by atoms with Gasteiger partial charge < -0.3 is 10.4 Å². The van der Waals surface area contributed by atoms with E-state index in [-0.39, 0.29) is 11.9 Å². The van der Waals surface area contributed by atoms with Crippen LogP contribution in [-0.4, -0.2) is 17.6 Å². The number of carboxylic acids is 1. The van der Waals surface area contributed by atoms with E-state index in [1.54, 1.807) is 18.2 Å². The normalized spacial score (nSPS) is 24.6. The van der Waals surface area contributed by atoms with E-state index < -0.39 is 11.9 Å². The minimum absolute atomic E-state index is 0.210. The molecule has 0 aromatic heterocycles. The number of carboxylic acid groups (broad SMARTS) is 1. The first-order valence-electron chi connectivity index (χ1n) is 4.99. The van der Waals surface area contributed by atoms with Gasteiger partial charge in [-0.1, -0.05) is 12.1 Å². The Balaban J connectivity index is 2.21. The van der Waals surface area contributed by atoms with Crippen molar-refractivity contribution in [1.29, 1.82) is 0 Å². The summed E-state index contributed by atoms with van der Waals surface area (Å²) in [5.74, 6) is -1.57. The lowest BCUT2D eigenvalue weighted by Crippen LogP contribution is -2.17. The van der Waals surface area contributed by atoms with Crippen molar-refractivity contribution in [3.8, 4) is 0 Å². The molecule has 0 radical (unpaired) electrons. The Bertz CT molecular complexity index is 424. The molecule has 2 unspecified atom stereocenters. The zero-order valence-electron chi connectivity index (χ0n) is 8.41. The highest BCUT2D eigenvalue weighted by Gasteiger charge is 2.31. The number of nitrogens with one attached hydrogen (secondary N) is 1. The molecule has 86 valence electrons. The van der Waals surface area contributed by atoms with E-state index in [0.717, 1.165) is 0 Å². The molecular formula is C11H11BrFNO2. The van der Waals surface area contributed by atoms with E-state index in [1.165, 1.54) is 0 Å². The van der Waals surface area contributed by atoms with E-state index in [2.05, 4.69) is 21.2 Å². The number of hydrogen-bond acceptors (Lipinski definition) is 2. The predicted octanol–water partition coefficient (Wildman–Crippen LogP) is 2.32. The van der Waals surface area contributed by atoms with Crippen LogP contribution in [0.5, 0.6) is 0 Å². The summed E-state index contributed by atoms with van der Waals surface area (Å²) in [6, 6.07) is 4.85. The minimum atomic E-state index is -0.828. The van der Waals surface area contributed by atoms with Gasteiger partial charge in [0, 0.05) is 18.2 Å². The zero-order chi connectivity index (χ0) is 11.7. The monoisotopic (exact) mass is 287 g/mol. The van der Waals surface area contributed by atoms with Gasteiger partial charge in [-0.3, -0.25) is 4.79 Å². The molecule has 3 nitrogen and oxygen atoms in total. The SMILES string of the molecule is O=C(O)C1CNC(c2cccc(Br)c2F)C1. The second-order valence-corrected chi connectivity index (χ2v) is 4.73. The lowest BCUT2D eigenvalue weighted by atomic mass is 10.00. The molecular weight excluding hydrogens is 277 g/mol. The van der Waals surface area contributed by atoms with Gasteiger partial charge in [0.25, 0.3) is 0 Å². The minimum Gasteiger partial charge on any atom is -0.481 e. The number of rotatable bonds is 2. The first kappa shape index (κ1) is 11.5. The molecule has 1 saturated heterocycles. The van der Waals surface area contributed by atoms with Crippen LogP contribution < -0.4 is 5.32 Å². The Morgan fingerprint density at radius 1 is 1.56 bits per heavy atom. The molecule has 1 aromatic carbocycles. The van der Waals surface area contributed by atoms with Gasteiger partial charge in [-0.2, -0.15) is 0 Å². The van der Waals surface area contributed by atoms with Crippen LogP contribution >= 0.6 is 15.9 Å². The number of halogens is 2. The molecule has 1 aromatic rings. The fraction of sp³-hybridized carbons (Fsp3) is 0.364. The molecule has 5 heteroatoms. The maximum absolute atomic E-state index is 13.7. The van der Waals surface area contributed by atoms with Crippen LogP contribution in [0.15, 0.2) is 22.7 Å². The Morgan fingerprint density at radius 3 is 2.94 bits per heavy atom. The van der Waals surface area contributed by atoms with Crippen LogP contribution in [0, 0.1) is 11.7 Å². The van der Waals surface area contributed by atoms with Crippen molar-refractivity contribution in [2.45, 2.75) is 12.5 Å². The fourth-order valence-corrected chi connectivity index (χ4v) is 2.33. The van der Waals surface area contributed by atoms with Gasteiger partial charge in [-0.25, -0.2) is 4.39 Å². The van der Waals surface area contributed by atoms with Gasteiger partial charge >= 0.3 is 5.97 Å². The zero-order valence-corrected chi connectivity index (χ0v) is 10.00. The lowest BCUT2D eigenvalue weighted by molar-refractivity contribution is -0.141. The standard InChI is InChI=1S/C11H11BrFNO2/c12-8-3-1-2-7(10(8)13)9-4-6(5-14-9)11(15)16/h1-3,6,9,14H,4-5H2,(H,15,16). The second-order valence-electron chi connectivity index (χ2n) is 3.87. The number of aliphatic carboxylic acids is 1. The maximum atomic E-state index is 13.7. The molecule has 0 amide bonds. The topological polar surface area (TPSA) is 49.3 Å². The van der Waals surface area contributed by atoms with Crippen molar-refractivity contribution >= 4 is 21.9 Å². The second kappa shape index (κ2) is 4.51. The van der Waals surface area contributed by atoms with Crippen molar-refractivity contribution < 1.29 is 14.3 Å². The van der Waals surface area contributed by atoms with E-state index in [1.807, 2.05) is 0 Å². The molecule has 16 heavy (non-hydrogen) atoms. The predicted molar refractivity (Wildman–Crippen MR) is 60.6 cm³/mol. The first-order chi connectivity index (χ1) is 7.59. The summed E-state index contributed by atoms with van der Waals surface area (Å²) in [5.41, 5.74) is 0.526. The summed E-state index contributed by atoms with van der Waals surface area (Å²) in [7, 11) is 0. The summed E-state index contributed by atoms with van der Waals surface area (Å²) in [4.78, 5) is 10.8. The van der Waals surface area contributed by atoms with Gasteiger partial charge in [0.05, 0.1) is 10.4 Å². The van der Waals surface area contributed by atoms with Crippen LogP contribution in [0.2, 0.25) is 0 Å². The lowest BCUT2D eigenvalue weighted by Gasteiger charge is -2.12. The van der Waals surface area contributed by atoms with E-state index in [9.17, 15) is 9.18 Å². The Morgan fingerprint density at radius 2 is 2.31 bits per heavy atom. The smallest absolute Gasteiger partial charge is 0.307 e. The summed E-state index contributed by atoms with van der Waals surface area (Å²) < 4.78 is 14.2. The Labute approximate surface area is 101 Å². The Hall–Kier alpha value is -0.940. The van der Waals surface area contributed by atoms with E-state index in [0.29, 0.717) is 23.0 Å². The van der Waals surface area contributed by atoms with E-state index >= 15 is 0 Å². The highest BCUT2D eigenvalue weighted by molar-refractivity contribution is 9.10. The van der Waals surface area contributed by atoms with Crippen LogP contribution in [0.25, 0.3) is 0 Å². The molecule has 2 N–H and O–H groups in total. The third kappa shape index (κ3) is 2.10. The third-order valence-corrected chi connectivity index (χ3v) is 3.45. The molecule has 1 aliphatic heterocycles. The summed E-state index contributed by atoms with van der Waals surface area (Å²) >= 11 is 3.12. The van der Waals surface area contributed by atoms with Crippen LogP contribution in [-0.2, 0) is 4.79 Å². The first-order valence-corrected chi connectivity index (χ1v) is 5.79. The van der Waals surface area contributed by atoms with Crippen LogP contribution in [0.4, 0.5) is 4.39 Å². The van der Waals surface area contributed by atoms with Gasteiger partial charge in [-0.05, 0) is 28.4 Å². The molecule has 0 aliphatic carbocycles. The molecule has 1 aliphatic rings. The van der Waals surface area contributed by atoms with Gasteiger partial charge in [-0.15, -0.1) is 0 Å². The average molecular weight is 288 g/mol. The number of benzene rings is 1. The largest absolute Gasteiger partial charge is 0.481 e. The van der Waals surface area contributed by atoms with Crippen molar-refractivity contribution in [1.82, 2.24) is 5.32 Å². The van der Waals surface area contributed by atoms with E-state index in [4.69, 9.17) is 5.11 Å². The van der Waals surface area contributed by atoms with Crippen molar-refractivity contribution in [3.63, 3.8) is 0 Å². The third-order valence-electron chi connectivity index (χ3n) is 2.84. The quantitative estimate of drug-likeness (QED) is 0.878. The highest BCUT2D eigenvalue weighted by atomic mass is 79.9. The summed E-state index contributed by atoms with van der Waals surface area (Å²) in [6.07, 6.45) is 0.433. The maximum Gasteiger partial charge on any atom is 0.307 e. The molecule has 2 atom stereocenters. The number of carbonyl (C=O) groups is 1. The number of hydrogen-bond donors (Lipinski definition) is 2. The van der Waals surface area contributed by atoms with Crippen molar-refractivity contribution in [3.05, 3.63) is 34.1 Å². The van der Waals surface area contributed by atoms with Crippen molar-refractivity contribution in [2.24, 2.45) is 5.92 Å². The summed E-state index contributed by atoms with van der Waals surface area (Å²) in [5, 5.41) is 11.9. The molecule has 2 rings (SSSR count). The molecule has 0 saturated carbocycles. The van der Waals surface area contributed by atoms with Crippen LogP contribution in [0.3, 0.4) is 0 Å². The van der Waals surface area contributed by atoms with Gasteiger partial charge in [0.2, 0.25) is 0 Å². The Kier molecular flexibility index (Phi) is 3.25. The fourth-order valence-electron chi connectivity index (χ4n) is 1.95. The van der Waals surface area contributed by atoms with Gasteiger partial charge in [0.1, 0.15) is 5.82 Å². The molecule has 1 fully saturated rings. The van der Waals surface area contributed by atoms with Crippen molar-refractivity contribution in [2.75, 3.05) is 6.54 Å². The highest BCUT2D eigenvalue weighted by Crippen LogP contribution is 2.31. The molecule has 1 heterocycles. The molecule has 0 bridgehead atoms.